The summed E-state index contributed by atoms with van der Waals surface area (Å²) in [5, 5.41) is 3.87. The van der Waals surface area contributed by atoms with Crippen molar-refractivity contribution in [3.8, 4) is 0 Å². The van der Waals surface area contributed by atoms with E-state index in [-0.39, 0.29) is 0 Å². The van der Waals surface area contributed by atoms with Gasteiger partial charge in [-0.1, -0.05) is 20.3 Å². The highest BCUT2D eigenvalue weighted by atomic mass is 16.5. The second kappa shape index (κ2) is 5.40. The van der Waals surface area contributed by atoms with Crippen LogP contribution in [0.4, 0.5) is 0 Å². The molecule has 124 valence electrons. The number of guanidine groups is 1. The number of hydrogen-bond acceptors (Lipinski definition) is 2. The Balaban J connectivity index is 1.47. The van der Waals surface area contributed by atoms with Crippen molar-refractivity contribution in [1.29, 1.82) is 0 Å². The van der Waals surface area contributed by atoms with Crippen molar-refractivity contribution in [2.75, 3.05) is 26.7 Å². The summed E-state index contributed by atoms with van der Waals surface area (Å²) >= 11 is 0. The summed E-state index contributed by atoms with van der Waals surface area (Å²) in [6, 6.07) is 0.597. The van der Waals surface area contributed by atoms with Crippen molar-refractivity contribution in [3.63, 3.8) is 0 Å². The molecule has 1 spiro atoms. The Morgan fingerprint density at radius 2 is 1.95 bits per heavy atom. The number of fused-ring (bicyclic) bond motifs is 2. The molecule has 2 aliphatic heterocycles. The van der Waals surface area contributed by atoms with Crippen LogP contribution in [0.1, 0.15) is 46.0 Å². The number of likely N-dealkylation sites (tertiary alicyclic amines) is 1. The molecule has 4 aliphatic rings. The second-order valence-electron chi connectivity index (χ2n) is 8.35. The molecule has 0 radical (unpaired) electrons. The average molecular weight is 305 g/mol. The highest BCUT2D eigenvalue weighted by Gasteiger charge is 2.66. The van der Waals surface area contributed by atoms with Gasteiger partial charge in [0.05, 0.1) is 6.10 Å². The standard InChI is InChI=1S/C18H31N3O/c1-12-9-13(2)11-21(10-12)17(19-3)20-15-14-5-8-22-16(14)18(15)6-4-7-18/h12-16H,4-11H2,1-3H3,(H,19,20). The minimum atomic E-state index is 0.435. The van der Waals surface area contributed by atoms with Crippen LogP contribution in [0.3, 0.4) is 0 Å². The van der Waals surface area contributed by atoms with E-state index in [2.05, 4.69) is 29.1 Å². The normalized spacial score (nSPS) is 43.5. The molecule has 4 fully saturated rings. The Kier molecular flexibility index (Phi) is 3.63. The van der Waals surface area contributed by atoms with Crippen molar-refractivity contribution >= 4 is 5.96 Å². The van der Waals surface area contributed by atoms with Crippen LogP contribution in [-0.2, 0) is 4.74 Å². The van der Waals surface area contributed by atoms with Gasteiger partial charge in [0.1, 0.15) is 0 Å². The first-order valence-corrected chi connectivity index (χ1v) is 9.24. The van der Waals surface area contributed by atoms with Gasteiger partial charge in [-0.3, -0.25) is 4.99 Å². The average Bonchev–Trinajstić information content (AvgIpc) is 2.82. The van der Waals surface area contributed by atoms with E-state index in [9.17, 15) is 0 Å². The lowest BCUT2D eigenvalue weighted by Gasteiger charge is -2.63. The Bertz CT molecular complexity index is 449. The summed E-state index contributed by atoms with van der Waals surface area (Å²) in [5.74, 6) is 3.39. The predicted octanol–water partition coefficient (Wildman–Crippen LogP) is 2.50. The maximum absolute atomic E-state index is 6.04. The fraction of sp³-hybridized carbons (Fsp3) is 0.944. The van der Waals surface area contributed by atoms with Crippen molar-refractivity contribution in [2.45, 2.75) is 58.1 Å². The molecule has 2 heterocycles. The monoisotopic (exact) mass is 305 g/mol. The molecule has 4 nitrogen and oxygen atoms in total. The van der Waals surface area contributed by atoms with Crippen LogP contribution in [0.2, 0.25) is 0 Å². The summed E-state index contributed by atoms with van der Waals surface area (Å²) in [6.45, 7) is 8.00. The molecule has 0 amide bonds. The number of aliphatic imine (C=N–C) groups is 1. The molecule has 0 aromatic heterocycles. The zero-order valence-electron chi connectivity index (χ0n) is 14.3. The number of ether oxygens (including phenoxy) is 1. The summed E-state index contributed by atoms with van der Waals surface area (Å²) < 4.78 is 6.04. The molecule has 4 rings (SSSR count). The van der Waals surface area contributed by atoms with Crippen LogP contribution in [-0.4, -0.2) is 49.7 Å². The molecule has 0 aromatic carbocycles. The lowest BCUT2D eigenvalue weighted by Crippen LogP contribution is -2.72. The van der Waals surface area contributed by atoms with Gasteiger partial charge in [-0.2, -0.15) is 0 Å². The van der Waals surface area contributed by atoms with Gasteiger partial charge >= 0.3 is 0 Å². The largest absolute Gasteiger partial charge is 0.377 e. The Morgan fingerprint density at radius 3 is 2.55 bits per heavy atom. The third-order valence-electron chi connectivity index (χ3n) is 6.70. The quantitative estimate of drug-likeness (QED) is 0.597. The number of nitrogens with zero attached hydrogens (tertiary/aromatic N) is 2. The Hall–Kier alpha value is -0.770. The van der Waals surface area contributed by atoms with Crippen LogP contribution in [0.15, 0.2) is 4.99 Å². The molecular formula is C18H31N3O. The molecule has 4 heteroatoms. The van der Waals surface area contributed by atoms with Crippen LogP contribution in [0.25, 0.3) is 0 Å². The fourth-order valence-electron chi connectivity index (χ4n) is 5.73. The highest BCUT2D eigenvalue weighted by molar-refractivity contribution is 5.80. The molecule has 0 aromatic rings. The van der Waals surface area contributed by atoms with Gasteiger partial charge in [-0.15, -0.1) is 0 Å². The minimum Gasteiger partial charge on any atom is -0.377 e. The lowest BCUT2D eigenvalue weighted by molar-refractivity contribution is -0.171. The van der Waals surface area contributed by atoms with Gasteiger partial charge < -0.3 is 15.0 Å². The van der Waals surface area contributed by atoms with Crippen molar-refractivity contribution < 1.29 is 4.74 Å². The highest BCUT2D eigenvalue weighted by Crippen LogP contribution is 2.62. The van der Waals surface area contributed by atoms with Gasteiger partial charge in [-0.05, 0) is 37.5 Å². The molecule has 5 unspecified atom stereocenters. The van der Waals surface area contributed by atoms with Crippen molar-refractivity contribution in [3.05, 3.63) is 0 Å². The Labute approximate surface area is 134 Å². The van der Waals surface area contributed by atoms with Gasteiger partial charge in [0.2, 0.25) is 0 Å². The van der Waals surface area contributed by atoms with E-state index in [1.54, 1.807) is 0 Å². The molecular weight excluding hydrogens is 274 g/mol. The first-order valence-electron chi connectivity index (χ1n) is 9.24. The van der Waals surface area contributed by atoms with Crippen LogP contribution < -0.4 is 5.32 Å². The zero-order valence-corrected chi connectivity index (χ0v) is 14.3. The molecule has 5 atom stereocenters. The second-order valence-corrected chi connectivity index (χ2v) is 8.35. The van der Waals surface area contributed by atoms with Crippen molar-refractivity contribution in [2.24, 2.45) is 28.2 Å². The number of rotatable bonds is 1. The summed E-state index contributed by atoms with van der Waals surface area (Å²) in [5.41, 5.74) is 0.435. The molecule has 0 bridgehead atoms. The van der Waals surface area contributed by atoms with E-state index in [1.807, 2.05) is 7.05 Å². The van der Waals surface area contributed by atoms with E-state index < -0.39 is 0 Å². The Morgan fingerprint density at radius 1 is 1.23 bits per heavy atom. The van der Waals surface area contributed by atoms with Crippen LogP contribution >= 0.6 is 0 Å². The summed E-state index contributed by atoms with van der Waals surface area (Å²) in [6.07, 6.45) is 7.18. The zero-order chi connectivity index (χ0) is 15.3. The third-order valence-corrected chi connectivity index (χ3v) is 6.70. The van der Waals surface area contributed by atoms with E-state index in [4.69, 9.17) is 4.74 Å². The SMILES string of the molecule is CN=C(NC1C2CCOC2C12CCC2)N1CC(C)CC(C)C1. The first kappa shape index (κ1) is 14.8. The molecule has 2 saturated heterocycles. The van der Waals surface area contributed by atoms with E-state index in [0.717, 1.165) is 43.4 Å². The van der Waals surface area contributed by atoms with E-state index >= 15 is 0 Å². The summed E-state index contributed by atoms with van der Waals surface area (Å²) in [4.78, 5) is 7.13. The lowest BCUT2D eigenvalue weighted by atomic mass is 9.46. The van der Waals surface area contributed by atoms with Gasteiger partial charge in [0.15, 0.2) is 5.96 Å². The van der Waals surface area contributed by atoms with Crippen LogP contribution in [0.5, 0.6) is 0 Å². The maximum atomic E-state index is 6.04. The number of nitrogens with one attached hydrogen (secondary N) is 1. The van der Waals surface area contributed by atoms with Gasteiger partial charge in [0.25, 0.3) is 0 Å². The van der Waals surface area contributed by atoms with Crippen LogP contribution in [0, 0.1) is 23.2 Å². The first-order chi connectivity index (χ1) is 10.6. The summed E-state index contributed by atoms with van der Waals surface area (Å²) in [7, 11) is 1.95. The number of hydrogen-bond donors (Lipinski definition) is 1. The molecule has 2 saturated carbocycles. The van der Waals surface area contributed by atoms with E-state index in [1.165, 1.54) is 32.1 Å². The minimum absolute atomic E-state index is 0.435. The van der Waals surface area contributed by atoms with Gasteiger partial charge in [-0.25, -0.2) is 0 Å². The number of piperidine rings is 1. The van der Waals surface area contributed by atoms with Gasteiger partial charge in [0, 0.05) is 44.1 Å². The topological polar surface area (TPSA) is 36.9 Å². The molecule has 22 heavy (non-hydrogen) atoms. The predicted molar refractivity (Wildman–Crippen MR) is 88.9 cm³/mol. The molecule has 1 N–H and O–H groups in total. The third kappa shape index (κ3) is 2.10. The fourth-order valence-corrected chi connectivity index (χ4v) is 5.73. The van der Waals surface area contributed by atoms with E-state index in [0.29, 0.717) is 17.6 Å². The van der Waals surface area contributed by atoms with Crippen molar-refractivity contribution in [1.82, 2.24) is 10.2 Å². The smallest absolute Gasteiger partial charge is 0.193 e. The molecule has 2 aliphatic carbocycles. The maximum Gasteiger partial charge on any atom is 0.193 e.